The predicted octanol–water partition coefficient (Wildman–Crippen LogP) is 5.37. The van der Waals surface area contributed by atoms with E-state index in [0.717, 1.165) is 60.3 Å². The molecule has 8 heteroatoms. The second kappa shape index (κ2) is 10.0. The summed E-state index contributed by atoms with van der Waals surface area (Å²) in [6, 6.07) is 9.67. The summed E-state index contributed by atoms with van der Waals surface area (Å²) < 4.78 is 0. The molecule has 0 radical (unpaired) electrons. The number of benzene rings is 1. The lowest BCUT2D eigenvalue weighted by Gasteiger charge is -2.19. The number of rotatable bonds is 6. The van der Waals surface area contributed by atoms with Crippen molar-refractivity contribution >= 4 is 23.4 Å². The lowest BCUT2D eigenvalue weighted by molar-refractivity contribution is -0.117. The zero-order valence-corrected chi connectivity index (χ0v) is 21.0. The number of carbonyl (C=O) groups excluding carboxylic acids is 2. The van der Waals surface area contributed by atoms with Gasteiger partial charge in [0.15, 0.2) is 0 Å². The Morgan fingerprint density at radius 2 is 1.81 bits per heavy atom. The van der Waals surface area contributed by atoms with Gasteiger partial charge in [0, 0.05) is 54.3 Å². The Hall–Kier alpha value is -3.81. The Morgan fingerprint density at radius 1 is 1.00 bits per heavy atom. The van der Waals surface area contributed by atoms with Crippen LogP contribution < -0.4 is 10.6 Å². The Bertz CT molecular complexity index is 1290. The zero-order valence-electron chi connectivity index (χ0n) is 21.0. The number of amides is 3. The average molecular weight is 485 g/mol. The van der Waals surface area contributed by atoms with E-state index in [1.807, 2.05) is 42.3 Å². The quantitative estimate of drug-likeness (QED) is 0.490. The molecule has 0 bridgehead atoms. The van der Waals surface area contributed by atoms with Crippen LogP contribution in [-0.4, -0.2) is 44.9 Å². The summed E-state index contributed by atoms with van der Waals surface area (Å²) in [6.45, 7) is 8.06. The highest BCUT2D eigenvalue weighted by atomic mass is 16.2. The zero-order chi connectivity index (χ0) is 25.2. The van der Waals surface area contributed by atoms with E-state index in [0.29, 0.717) is 23.3 Å². The molecule has 1 aliphatic heterocycles. The molecule has 8 nitrogen and oxygen atoms in total. The molecule has 1 aromatic carbocycles. The van der Waals surface area contributed by atoms with Crippen LogP contribution in [0.4, 0.5) is 16.3 Å². The fourth-order valence-electron chi connectivity index (χ4n) is 4.61. The summed E-state index contributed by atoms with van der Waals surface area (Å²) in [5, 5.41) is 5.94. The second-order valence-electron chi connectivity index (χ2n) is 10.2. The molecule has 2 fully saturated rings. The van der Waals surface area contributed by atoms with Gasteiger partial charge < -0.3 is 15.5 Å². The van der Waals surface area contributed by atoms with E-state index in [9.17, 15) is 9.59 Å². The van der Waals surface area contributed by atoms with Gasteiger partial charge in [0.05, 0.1) is 5.69 Å². The number of likely N-dealkylation sites (tertiary alicyclic amines) is 1. The summed E-state index contributed by atoms with van der Waals surface area (Å²) in [6.07, 6.45) is 7.93. The highest BCUT2D eigenvalue weighted by molar-refractivity contribution is 5.93. The number of carbonyl (C=O) groups is 2. The first kappa shape index (κ1) is 23.9. The maximum absolute atomic E-state index is 12.9. The van der Waals surface area contributed by atoms with Crippen molar-refractivity contribution in [3.63, 3.8) is 0 Å². The van der Waals surface area contributed by atoms with Crippen LogP contribution in [0, 0.1) is 24.7 Å². The lowest BCUT2D eigenvalue weighted by Crippen LogP contribution is -2.33. The second-order valence-corrected chi connectivity index (χ2v) is 10.2. The molecule has 2 aliphatic rings. The van der Waals surface area contributed by atoms with Crippen LogP contribution in [0.15, 0.2) is 49.1 Å². The van der Waals surface area contributed by atoms with Crippen LogP contribution in [0.5, 0.6) is 0 Å². The van der Waals surface area contributed by atoms with Gasteiger partial charge in [0.25, 0.3) is 0 Å². The first-order valence-electron chi connectivity index (χ1n) is 12.6. The van der Waals surface area contributed by atoms with Gasteiger partial charge in [-0.05, 0) is 67.3 Å². The summed E-state index contributed by atoms with van der Waals surface area (Å²) >= 11 is 0. The highest BCUT2D eigenvalue weighted by Crippen LogP contribution is 2.32. The Labute approximate surface area is 211 Å². The van der Waals surface area contributed by atoms with Gasteiger partial charge in [-0.3, -0.25) is 9.78 Å². The third-order valence-corrected chi connectivity index (χ3v) is 7.16. The molecule has 2 aromatic heterocycles. The van der Waals surface area contributed by atoms with E-state index < -0.39 is 0 Å². The van der Waals surface area contributed by atoms with Crippen LogP contribution >= 0.6 is 0 Å². The molecule has 2 N–H and O–H groups in total. The fourth-order valence-corrected chi connectivity index (χ4v) is 4.61. The van der Waals surface area contributed by atoms with Gasteiger partial charge >= 0.3 is 6.03 Å². The van der Waals surface area contributed by atoms with E-state index in [2.05, 4.69) is 39.4 Å². The fraction of sp³-hybridized carbons (Fsp3) is 0.393. The van der Waals surface area contributed by atoms with Gasteiger partial charge in [-0.1, -0.05) is 19.9 Å². The van der Waals surface area contributed by atoms with Gasteiger partial charge in [0.1, 0.15) is 12.1 Å². The molecular formula is C28H32N6O2. The van der Waals surface area contributed by atoms with Crippen LogP contribution in [0.2, 0.25) is 0 Å². The van der Waals surface area contributed by atoms with Crippen molar-refractivity contribution in [2.45, 2.75) is 40.0 Å². The number of pyridine rings is 1. The van der Waals surface area contributed by atoms with Gasteiger partial charge in [-0.2, -0.15) is 0 Å². The van der Waals surface area contributed by atoms with E-state index >= 15 is 0 Å². The Morgan fingerprint density at radius 3 is 2.56 bits per heavy atom. The maximum Gasteiger partial charge on any atom is 0.321 e. The topological polar surface area (TPSA) is 100 Å². The van der Waals surface area contributed by atoms with Crippen molar-refractivity contribution in [3.8, 4) is 22.4 Å². The minimum absolute atomic E-state index is 0.00895. The number of hydrogen-bond acceptors (Lipinski definition) is 5. The molecule has 5 rings (SSSR count). The summed E-state index contributed by atoms with van der Waals surface area (Å²) in [5.41, 5.74) is 5.24. The van der Waals surface area contributed by atoms with Gasteiger partial charge in [-0.25, -0.2) is 14.8 Å². The van der Waals surface area contributed by atoms with Crippen LogP contribution in [0.3, 0.4) is 0 Å². The monoisotopic (exact) mass is 484 g/mol. The molecule has 36 heavy (non-hydrogen) atoms. The smallest absolute Gasteiger partial charge is 0.321 e. The molecule has 1 saturated carbocycles. The molecule has 3 amide bonds. The summed E-state index contributed by atoms with van der Waals surface area (Å²) in [4.78, 5) is 39.9. The SMILES string of the molecule is Cc1ccc(NC(=O)N2CCC(C(C)C)C2)cc1-c1cncc(-c2cc(NC(=O)C3CC3)ncn2)c1. The predicted molar refractivity (Wildman–Crippen MR) is 140 cm³/mol. The molecule has 186 valence electrons. The third-order valence-electron chi connectivity index (χ3n) is 7.16. The maximum atomic E-state index is 12.9. The summed E-state index contributed by atoms with van der Waals surface area (Å²) in [5.74, 6) is 1.74. The first-order valence-corrected chi connectivity index (χ1v) is 12.6. The molecule has 1 saturated heterocycles. The Balaban J connectivity index is 1.34. The number of urea groups is 1. The number of aromatic nitrogens is 3. The molecule has 1 unspecified atom stereocenters. The van der Waals surface area contributed by atoms with E-state index in [-0.39, 0.29) is 17.9 Å². The molecular weight excluding hydrogens is 452 g/mol. The number of anilines is 2. The number of nitrogens with one attached hydrogen (secondary N) is 2. The molecule has 1 atom stereocenters. The van der Waals surface area contributed by atoms with Crippen molar-refractivity contribution in [1.82, 2.24) is 19.9 Å². The minimum atomic E-state index is -0.0541. The van der Waals surface area contributed by atoms with Gasteiger partial charge in [0.2, 0.25) is 5.91 Å². The van der Waals surface area contributed by atoms with Crippen molar-refractivity contribution < 1.29 is 9.59 Å². The van der Waals surface area contributed by atoms with E-state index in [1.54, 1.807) is 12.3 Å². The lowest BCUT2D eigenvalue weighted by atomic mass is 9.95. The highest BCUT2D eigenvalue weighted by Gasteiger charge is 2.30. The molecule has 3 heterocycles. The molecule has 0 spiro atoms. The van der Waals surface area contributed by atoms with Gasteiger partial charge in [-0.15, -0.1) is 0 Å². The van der Waals surface area contributed by atoms with E-state index in [1.165, 1.54) is 6.33 Å². The van der Waals surface area contributed by atoms with Crippen LogP contribution in [0.25, 0.3) is 22.4 Å². The van der Waals surface area contributed by atoms with Crippen molar-refractivity contribution in [3.05, 3.63) is 54.6 Å². The van der Waals surface area contributed by atoms with Crippen molar-refractivity contribution in [1.29, 1.82) is 0 Å². The standard InChI is InChI=1S/C28H32N6O2/c1-17(2)20-8-9-34(15-20)28(36)32-23-7-4-18(3)24(11-23)21-10-22(14-29-13-21)25-12-26(31-16-30-25)33-27(35)19-5-6-19/h4,7,10-14,16-17,19-20H,5-6,8-9,15H2,1-3H3,(H,32,36)(H,30,31,33,35). The average Bonchev–Trinajstić information content (AvgIpc) is 3.61. The first-order chi connectivity index (χ1) is 17.4. The van der Waals surface area contributed by atoms with E-state index in [4.69, 9.17) is 0 Å². The van der Waals surface area contributed by atoms with Crippen LogP contribution in [-0.2, 0) is 4.79 Å². The number of aryl methyl sites for hydroxylation is 1. The number of hydrogen-bond donors (Lipinski definition) is 2. The third kappa shape index (κ3) is 5.37. The largest absolute Gasteiger partial charge is 0.324 e. The van der Waals surface area contributed by atoms with Crippen molar-refractivity contribution in [2.24, 2.45) is 17.8 Å². The van der Waals surface area contributed by atoms with Crippen LogP contribution in [0.1, 0.15) is 38.7 Å². The number of nitrogens with zero attached hydrogens (tertiary/aromatic N) is 4. The molecule has 1 aliphatic carbocycles. The molecule has 3 aromatic rings. The minimum Gasteiger partial charge on any atom is -0.324 e. The van der Waals surface area contributed by atoms with Crippen molar-refractivity contribution in [2.75, 3.05) is 23.7 Å². The normalized spacial score (nSPS) is 17.3. The summed E-state index contributed by atoms with van der Waals surface area (Å²) in [7, 11) is 0. The Kier molecular flexibility index (Phi) is 6.67.